The highest BCUT2D eigenvalue weighted by Crippen LogP contribution is 2.44. The molecule has 0 aromatic carbocycles. The van der Waals surface area contributed by atoms with Crippen LogP contribution in [-0.2, 0) is 17.6 Å². The van der Waals surface area contributed by atoms with Crippen molar-refractivity contribution in [1.29, 1.82) is 0 Å². The quantitative estimate of drug-likeness (QED) is 0.814. The summed E-state index contributed by atoms with van der Waals surface area (Å²) in [5.41, 5.74) is 2.13. The number of piperidine rings is 2. The number of carbonyl (C=O) groups excluding carboxylic acids is 1. The van der Waals surface area contributed by atoms with Crippen molar-refractivity contribution < 1.29 is 9.90 Å². The number of rotatable bonds is 4. The molecule has 30 heavy (non-hydrogen) atoms. The van der Waals surface area contributed by atoms with Crippen molar-refractivity contribution in [2.24, 2.45) is 11.3 Å². The number of β-amino-alcohol motifs (C(OH)–C–C–N with tert-alkyl or cyclic N) is 1. The summed E-state index contributed by atoms with van der Waals surface area (Å²) in [5.74, 6) is 2.81. The van der Waals surface area contributed by atoms with Gasteiger partial charge in [0.2, 0.25) is 11.9 Å². The van der Waals surface area contributed by atoms with E-state index >= 15 is 0 Å². The number of aliphatic hydroxyl groups is 1. The summed E-state index contributed by atoms with van der Waals surface area (Å²) in [6.07, 6.45) is 8.77. The molecule has 1 atom stereocenters. The summed E-state index contributed by atoms with van der Waals surface area (Å²) in [4.78, 5) is 29.5. The van der Waals surface area contributed by atoms with Crippen LogP contribution in [0.1, 0.15) is 56.2 Å². The fourth-order valence-corrected chi connectivity index (χ4v) is 5.63. The second-order valence-electron chi connectivity index (χ2n) is 10.2. The van der Waals surface area contributed by atoms with Crippen LogP contribution in [0.25, 0.3) is 0 Å². The van der Waals surface area contributed by atoms with Gasteiger partial charge in [0.15, 0.2) is 0 Å². The molecular weight excluding hydrogens is 378 g/mol. The molecule has 1 spiro atoms. The van der Waals surface area contributed by atoms with Gasteiger partial charge in [-0.25, -0.2) is 4.98 Å². The highest BCUT2D eigenvalue weighted by atomic mass is 16.3. The predicted octanol–water partition coefficient (Wildman–Crippen LogP) is 2.01. The van der Waals surface area contributed by atoms with Gasteiger partial charge in [-0.1, -0.05) is 0 Å². The molecule has 1 aromatic rings. The maximum atomic E-state index is 13.4. The fourth-order valence-electron chi connectivity index (χ4n) is 5.63. The molecule has 5 rings (SSSR count). The second-order valence-corrected chi connectivity index (χ2v) is 10.2. The molecule has 2 aliphatic heterocycles. The summed E-state index contributed by atoms with van der Waals surface area (Å²) in [6, 6.07) is 0. The molecule has 4 aliphatic rings. The van der Waals surface area contributed by atoms with Crippen molar-refractivity contribution >= 4 is 17.7 Å². The van der Waals surface area contributed by atoms with E-state index in [1.54, 1.807) is 0 Å². The minimum Gasteiger partial charge on any atom is -0.391 e. The molecule has 1 saturated carbocycles. The molecule has 1 aromatic heterocycles. The van der Waals surface area contributed by atoms with E-state index in [1.165, 1.54) is 36.9 Å². The Kier molecular flexibility index (Phi) is 5.12. The minimum absolute atomic E-state index is 0.290. The van der Waals surface area contributed by atoms with Gasteiger partial charge in [0, 0.05) is 45.8 Å². The van der Waals surface area contributed by atoms with Crippen molar-refractivity contribution in [3.05, 3.63) is 11.3 Å². The molecule has 2 aliphatic carbocycles. The molecule has 3 heterocycles. The van der Waals surface area contributed by atoms with Crippen LogP contribution in [0.4, 0.5) is 11.8 Å². The third-order valence-electron chi connectivity index (χ3n) is 7.54. The van der Waals surface area contributed by atoms with E-state index in [2.05, 4.69) is 4.90 Å². The van der Waals surface area contributed by atoms with Crippen LogP contribution in [0.5, 0.6) is 0 Å². The van der Waals surface area contributed by atoms with Gasteiger partial charge in [0.25, 0.3) is 0 Å². The van der Waals surface area contributed by atoms with Gasteiger partial charge in [-0.05, 0) is 63.7 Å². The average molecular weight is 414 g/mol. The maximum Gasteiger partial charge on any atom is 0.229 e. The lowest BCUT2D eigenvalue weighted by molar-refractivity contribution is -0.154. The Labute approximate surface area is 179 Å². The Morgan fingerprint density at radius 3 is 2.57 bits per heavy atom. The fraction of sp³-hybridized carbons (Fsp3) is 0.783. The van der Waals surface area contributed by atoms with Crippen molar-refractivity contribution in [2.75, 3.05) is 50.1 Å². The molecule has 3 fully saturated rings. The standard InChI is InChI=1S/C23H35N5O2/c1-26(2)22-24-19-6-4-3-5-18(19)20(25-22)27-11-9-23(10-12-27)13-17(29)15-28(21(23)30)14-16-7-8-16/h16-17,29H,3-15H2,1-2H3. The first kappa shape index (κ1) is 20.0. The summed E-state index contributed by atoms with van der Waals surface area (Å²) >= 11 is 0. The second kappa shape index (κ2) is 7.66. The smallest absolute Gasteiger partial charge is 0.229 e. The van der Waals surface area contributed by atoms with E-state index in [4.69, 9.17) is 9.97 Å². The van der Waals surface area contributed by atoms with Crippen LogP contribution in [-0.4, -0.2) is 72.3 Å². The number of fused-ring (bicyclic) bond motifs is 1. The van der Waals surface area contributed by atoms with Gasteiger partial charge in [-0.3, -0.25) is 4.79 Å². The zero-order chi connectivity index (χ0) is 20.9. The molecule has 0 radical (unpaired) electrons. The zero-order valence-corrected chi connectivity index (χ0v) is 18.4. The van der Waals surface area contributed by atoms with Gasteiger partial charge in [0.1, 0.15) is 5.82 Å². The normalized spacial score (nSPS) is 26.1. The topological polar surface area (TPSA) is 72.8 Å². The summed E-state index contributed by atoms with van der Waals surface area (Å²) < 4.78 is 0. The molecule has 164 valence electrons. The van der Waals surface area contributed by atoms with Gasteiger partial charge in [-0.15, -0.1) is 0 Å². The lowest BCUT2D eigenvalue weighted by atomic mass is 9.70. The largest absolute Gasteiger partial charge is 0.391 e. The molecule has 1 unspecified atom stereocenters. The lowest BCUT2D eigenvalue weighted by Gasteiger charge is -2.48. The van der Waals surface area contributed by atoms with Crippen molar-refractivity contribution in [3.63, 3.8) is 0 Å². The number of nitrogens with zero attached hydrogens (tertiary/aromatic N) is 5. The van der Waals surface area contributed by atoms with E-state index in [9.17, 15) is 9.90 Å². The lowest BCUT2D eigenvalue weighted by Crippen LogP contribution is -2.58. The Morgan fingerprint density at radius 1 is 1.13 bits per heavy atom. The Morgan fingerprint density at radius 2 is 1.87 bits per heavy atom. The number of carbonyl (C=O) groups is 1. The zero-order valence-electron chi connectivity index (χ0n) is 18.4. The number of aryl methyl sites for hydroxylation is 1. The van der Waals surface area contributed by atoms with E-state index < -0.39 is 0 Å². The number of likely N-dealkylation sites (tertiary alicyclic amines) is 1. The van der Waals surface area contributed by atoms with Crippen LogP contribution in [0.2, 0.25) is 0 Å². The van der Waals surface area contributed by atoms with Crippen LogP contribution in [0.15, 0.2) is 0 Å². The monoisotopic (exact) mass is 413 g/mol. The van der Waals surface area contributed by atoms with E-state index in [0.717, 1.165) is 57.1 Å². The number of hydrogen-bond acceptors (Lipinski definition) is 6. The average Bonchev–Trinajstić information content (AvgIpc) is 3.55. The first-order chi connectivity index (χ1) is 14.4. The predicted molar refractivity (Wildman–Crippen MR) is 117 cm³/mol. The molecule has 0 bridgehead atoms. The van der Waals surface area contributed by atoms with Crippen LogP contribution in [0.3, 0.4) is 0 Å². The van der Waals surface area contributed by atoms with Crippen molar-refractivity contribution in [2.45, 2.75) is 63.9 Å². The Balaban J connectivity index is 1.36. The SMILES string of the molecule is CN(C)c1nc2c(c(N3CCC4(CC3)CC(O)CN(CC3CC3)C4=O)n1)CCCC2. The molecule has 1 N–H and O–H groups in total. The van der Waals surface area contributed by atoms with Gasteiger partial charge in [0.05, 0.1) is 17.2 Å². The van der Waals surface area contributed by atoms with Gasteiger partial charge < -0.3 is 19.8 Å². The Bertz CT molecular complexity index is 812. The first-order valence-corrected chi connectivity index (χ1v) is 11.7. The van der Waals surface area contributed by atoms with Gasteiger partial charge in [-0.2, -0.15) is 4.98 Å². The molecule has 2 saturated heterocycles. The number of aliphatic hydroxyl groups excluding tert-OH is 1. The van der Waals surface area contributed by atoms with E-state index in [1.807, 2.05) is 23.9 Å². The van der Waals surface area contributed by atoms with Crippen molar-refractivity contribution in [1.82, 2.24) is 14.9 Å². The highest BCUT2D eigenvalue weighted by Gasteiger charge is 2.49. The van der Waals surface area contributed by atoms with Crippen LogP contribution < -0.4 is 9.80 Å². The van der Waals surface area contributed by atoms with Crippen LogP contribution in [0, 0.1) is 11.3 Å². The first-order valence-electron chi connectivity index (χ1n) is 11.7. The van der Waals surface area contributed by atoms with Crippen molar-refractivity contribution in [3.8, 4) is 0 Å². The van der Waals surface area contributed by atoms with Crippen LogP contribution >= 0.6 is 0 Å². The van der Waals surface area contributed by atoms with Gasteiger partial charge >= 0.3 is 0 Å². The maximum absolute atomic E-state index is 13.4. The summed E-state index contributed by atoms with van der Waals surface area (Å²) in [5, 5.41) is 10.6. The number of aromatic nitrogens is 2. The molecule has 7 heteroatoms. The molecule has 7 nitrogen and oxygen atoms in total. The highest BCUT2D eigenvalue weighted by molar-refractivity contribution is 5.84. The third kappa shape index (κ3) is 3.66. The van der Waals surface area contributed by atoms with E-state index in [0.29, 0.717) is 18.9 Å². The number of hydrogen-bond donors (Lipinski definition) is 1. The Hall–Kier alpha value is -1.89. The summed E-state index contributed by atoms with van der Waals surface area (Å²) in [7, 11) is 3.99. The number of anilines is 2. The molecule has 1 amide bonds. The third-order valence-corrected chi connectivity index (χ3v) is 7.54. The number of amides is 1. The summed E-state index contributed by atoms with van der Waals surface area (Å²) in [6.45, 7) is 3.01. The minimum atomic E-state index is -0.389. The van der Waals surface area contributed by atoms with E-state index in [-0.39, 0.29) is 17.4 Å². The molecular formula is C23H35N5O2.